The van der Waals surface area contributed by atoms with Crippen LogP contribution in [0.4, 0.5) is 0 Å². The zero-order valence-electron chi connectivity index (χ0n) is 9.78. The molecule has 0 fully saturated rings. The minimum Gasteiger partial charge on any atom is -0.331 e. The number of aromatic nitrogens is 2. The van der Waals surface area contributed by atoms with Gasteiger partial charge in [-0.25, -0.2) is 10.4 Å². The third-order valence-electron chi connectivity index (χ3n) is 2.92. The number of nitrogens with zero attached hydrogens (tertiary/aromatic N) is 2. The van der Waals surface area contributed by atoms with Gasteiger partial charge in [0, 0.05) is 7.05 Å². The van der Waals surface area contributed by atoms with Crippen molar-refractivity contribution >= 4 is 11.0 Å². The molecule has 5 nitrogen and oxygen atoms in total. The average Bonchev–Trinajstić information content (AvgIpc) is 2.56. The topological polar surface area (TPSA) is 67.9 Å². The Labute approximate surface area is 94.6 Å². The van der Waals surface area contributed by atoms with Gasteiger partial charge in [-0.15, -0.1) is 0 Å². The van der Waals surface area contributed by atoms with Gasteiger partial charge in [0.2, 0.25) is 0 Å². The molecule has 0 aliphatic rings. The first-order chi connectivity index (χ1) is 7.67. The molecule has 1 atom stereocenters. The normalized spacial score (nSPS) is 13.2. The highest BCUT2D eigenvalue weighted by atomic mass is 15.3. The maximum Gasteiger partial charge on any atom is 0.106 e. The van der Waals surface area contributed by atoms with Gasteiger partial charge in [-0.1, -0.05) is 6.07 Å². The molecule has 0 aliphatic heterocycles. The van der Waals surface area contributed by atoms with Crippen LogP contribution in [0.1, 0.15) is 17.6 Å². The fourth-order valence-electron chi connectivity index (χ4n) is 1.86. The van der Waals surface area contributed by atoms with Gasteiger partial charge in [0.15, 0.2) is 0 Å². The second-order valence-electron chi connectivity index (χ2n) is 3.85. The highest BCUT2D eigenvalue weighted by molar-refractivity contribution is 5.76. The lowest BCUT2D eigenvalue weighted by Gasteiger charge is -2.14. The number of imidazole rings is 1. The van der Waals surface area contributed by atoms with Crippen LogP contribution in [0, 0.1) is 6.92 Å². The minimum atomic E-state index is -0.0493. The van der Waals surface area contributed by atoms with Gasteiger partial charge in [0.05, 0.1) is 17.2 Å². The van der Waals surface area contributed by atoms with E-state index in [9.17, 15) is 0 Å². The number of hydrogen-bond acceptors (Lipinski definition) is 4. The summed E-state index contributed by atoms with van der Waals surface area (Å²) in [5.41, 5.74) is 5.91. The first-order valence-electron chi connectivity index (χ1n) is 5.23. The zero-order chi connectivity index (χ0) is 11.7. The highest BCUT2D eigenvalue weighted by Gasteiger charge is 2.09. The summed E-state index contributed by atoms with van der Waals surface area (Å²) < 4.78 is 2.07. The van der Waals surface area contributed by atoms with Gasteiger partial charge in [-0.05, 0) is 31.7 Å². The van der Waals surface area contributed by atoms with E-state index in [0.29, 0.717) is 0 Å². The molecule has 1 heterocycles. The van der Waals surface area contributed by atoms with E-state index in [1.54, 1.807) is 0 Å². The Balaban J connectivity index is 2.52. The van der Waals surface area contributed by atoms with Crippen molar-refractivity contribution in [3.63, 3.8) is 0 Å². The number of rotatable bonds is 3. The first kappa shape index (κ1) is 11.1. The Morgan fingerprint density at radius 2 is 2.19 bits per heavy atom. The van der Waals surface area contributed by atoms with Crippen LogP contribution in [0.15, 0.2) is 18.2 Å². The van der Waals surface area contributed by atoms with Crippen LogP contribution in [0.3, 0.4) is 0 Å². The second kappa shape index (κ2) is 4.21. The lowest BCUT2D eigenvalue weighted by Crippen LogP contribution is -2.36. The quantitative estimate of drug-likeness (QED) is 0.401. The molecule has 1 aromatic carbocycles. The van der Waals surface area contributed by atoms with Crippen LogP contribution in [-0.4, -0.2) is 16.6 Å². The van der Waals surface area contributed by atoms with Gasteiger partial charge >= 0.3 is 0 Å². The summed E-state index contributed by atoms with van der Waals surface area (Å²) >= 11 is 0. The fraction of sp³-hybridized carbons (Fsp3) is 0.364. The van der Waals surface area contributed by atoms with Crippen molar-refractivity contribution < 1.29 is 0 Å². The average molecular weight is 219 g/mol. The molecule has 0 aliphatic carbocycles. The van der Waals surface area contributed by atoms with E-state index in [2.05, 4.69) is 26.4 Å². The van der Waals surface area contributed by atoms with E-state index in [1.165, 1.54) is 0 Å². The molecule has 0 amide bonds. The van der Waals surface area contributed by atoms with Crippen molar-refractivity contribution in [3.8, 4) is 0 Å². The third-order valence-corrected chi connectivity index (χ3v) is 2.92. The van der Waals surface area contributed by atoms with Crippen LogP contribution in [-0.2, 0) is 7.05 Å². The standard InChI is InChI=1S/C11H17N5/c1-7-14-9-6-8(11(13-2)15-12)4-5-10(9)16(7)3/h4-6,11,13,15H,12H2,1-3H3. The Hall–Kier alpha value is -1.43. The molecule has 16 heavy (non-hydrogen) atoms. The number of benzene rings is 1. The SMILES string of the molecule is CNC(NN)c1ccc2c(c1)nc(C)n2C. The summed E-state index contributed by atoms with van der Waals surface area (Å²) in [6, 6.07) is 6.15. The summed E-state index contributed by atoms with van der Waals surface area (Å²) in [6.07, 6.45) is -0.0493. The van der Waals surface area contributed by atoms with Gasteiger partial charge in [0.25, 0.3) is 0 Å². The molecule has 0 spiro atoms. The molecule has 5 heteroatoms. The van der Waals surface area contributed by atoms with E-state index in [-0.39, 0.29) is 6.17 Å². The van der Waals surface area contributed by atoms with Gasteiger partial charge in [0.1, 0.15) is 5.82 Å². The monoisotopic (exact) mass is 219 g/mol. The van der Waals surface area contributed by atoms with Crippen molar-refractivity contribution in [1.82, 2.24) is 20.3 Å². The summed E-state index contributed by atoms with van der Waals surface area (Å²) in [7, 11) is 3.87. The van der Waals surface area contributed by atoms with E-state index >= 15 is 0 Å². The van der Waals surface area contributed by atoms with Crippen LogP contribution in [0.25, 0.3) is 11.0 Å². The van der Waals surface area contributed by atoms with Crippen LogP contribution >= 0.6 is 0 Å². The summed E-state index contributed by atoms with van der Waals surface area (Å²) in [5, 5.41) is 3.08. The molecule has 0 saturated heterocycles. The lowest BCUT2D eigenvalue weighted by molar-refractivity contribution is 0.489. The summed E-state index contributed by atoms with van der Waals surface area (Å²) in [5.74, 6) is 6.46. The van der Waals surface area contributed by atoms with Crippen LogP contribution < -0.4 is 16.6 Å². The smallest absolute Gasteiger partial charge is 0.106 e. The summed E-state index contributed by atoms with van der Waals surface area (Å²) in [4.78, 5) is 4.49. The van der Waals surface area contributed by atoms with Gasteiger partial charge in [-0.3, -0.25) is 5.84 Å². The molecule has 0 saturated carbocycles. The minimum absolute atomic E-state index is 0.0493. The number of nitrogens with two attached hydrogens (primary N) is 1. The second-order valence-corrected chi connectivity index (χ2v) is 3.85. The molecule has 4 N–H and O–H groups in total. The van der Waals surface area contributed by atoms with E-state index in [0.717, 1.165) is 22.4 Å². The molecule has 1 unspecified atom stereocenters. The Morgan fingerprint density at radius 3 is 2.81 bits per heavy atom. The highest BCUT2D eigenvalue weighted by Crippen LogP contribution is 2.19. The fourth-order valence-corrected chi connectivity index (χ4v) is 1.86. The molecule has 2 rings (SSSR count). The Kier molecular flexibility index (Phi) is 2.91. The van der Waals surface area contributed by atoms with E-state index in [4.69, 9.17) is 5.84 Å². The predicted molar refractivity (Wildman–Crippen MR) is 64.6 cm³/mol. The van der Waals surface area contributed by atoms with Crippen molar-refractivity contribution in [2.45, 2.75) is 13.1 Å². The Bertz CT molecular complexity index is 498. The van der Waals surface area contributed by atoms with Crippen molar-refractivity contribution in [2.75, 3.05) is 7.05 Å². The van der Waals surface area contributed by atoms with E-state index < -0.39 is 0 Å². The number of nitrogens with one attached hydrogen (secondary N) is 2. The van der Waals surface area contributed by atoms with E-state index in [1.807, 2.05) is 33.2 Å². The molecule has 86 valence electrons. The van der Waals surface area contributed by atoms with Crippen LogP contribution in [0.5, 0.6) is 0 Å². The number of hydrazine groups is 1. The lowest BCUT2D eigenvalue weighted by atomic mass is 10.1. The molecule has 1 aromatic heterocycles. The summed E-state index contributed by atoms with van der Waals surface area (Å²) in [6.45, 7) is 2.00. The third kappa shape index (κ3) is 1.69. The maximum absolute atomic E-state index is 5.46. The van der Waals surface area contributed by atoms with Crippen LogP contribution in [0.2, 0.25) is 0 Å². The number of aryl methyl sites for hydroxylation is 2. The predicted octanol–water partition coefficient (Wildman–Crippen LogP) is 0.563. The number of hydrogen-bond donors (Lipinski definition) is 3. The molecular weight excluding hydrogens is 202 g/mol. The van der Waals surface area contributed by atoms with Gasteiger partial charge in [-0.2, -0.15) is 0 Å². The van der Waals surface area contributed by atoms with Crippen molar-refractivity contribution in [2.24, 2.45) is 12.9 Å². The van der Waals surface area contributed by atoms with Gasteiger partial charge < -0.3 is 9.88 Å². The zero-order valence-corrected chi connectivity index (χ0v) is 9.78. The van der Waals surface area contributed by atoms with Crippen molar-refractivity contribution in [3.05, 3.63) is 29.6 Å². The molecule has 0 radical (unpaired) electrons. The first-order valence-corrected chi connectivity index (χ1v) is 5.23. The maximum atomic E-state index is 5.46. The van der Waals surface area contributed by atoms with Crippen molar-refractivity contribution in [1.29, 1.82) is 0 Å². The molecule has 0 bridgehead atoms. The Morgan fingerprint density at radius 1 is 1.44 bits per heavy atom. The largest absolute Gasteiger partial charge is 0.331 e. The molecular formula is C11H17N5. The number of fused-ring (bicyclic) bond motifs is 1. The molecule has 2 aromatic rings.